The van der Waals surface area contributed by atoms with Crippen LogP contribution in [0.2, 0.25) is 0 Å². The molecule has 2 aromatic rings. The summed E-state index contributed by atoms with van der Waals surface area (Å²) in [5.41, 5.74) is 0.649. The summed E-state index contributed by atoms with van der Waals surface area (Å²) in [6.45, 7) is 12.9. The SMILES string of the molecule is CCC(=O)N[C@@H](C(=O)N1CCN(C)CC1)[C@@H](C)c1ccc(NC(=O)[C@H](C2CCC(C)(C)CC2)N(C=O)c2ccnn2CC)c(F)c1. The number of likely N-dealkylation sites (N-methyl/N-ethyl adjacent to an activating group) is 1. The van der Waals surface area contributed by atoms with E-state index < -0.39 is 29.7 Å². The monoisotopic (exact) mass is 639 g/mol. The van der Waals surface area contributed by atoms with Crippen molar-refractivity contribution in [2.75, 3.05) is 43.4 Å². The molecule has 12 heteroatoms. The lowest BCUT2D eigenvalue weighted by Crippen LogP contribution is -2.55. The van der Waals surface area contributed by atoms with Gasteiger partial charge in [0.15, 0.2) is 0 Å². The number of halogens is 1. The lowest BCUT2D eigenvalue weighted by atomic mass is 9.70. The molecular weight excluding hydrogens is 589 g/mol. The molecule has 0 bridgehead atoms. The average Bonchev–Trinajstić information content (AvgIpc) is 3.52. The zero-order chi connectivity index (χ0) is 33.6. The van der Waals surface area contributed by atoms with Gasteiger partial charge in [-0.3, -0.25) is 24.1 Å². The van der Waals surface area contributed by atoms with Crippen molar-refractivity contribution in [2.45, 2.75) is 91.3 Å². The number of carbonyl (C=O) groups excluding carboxylic acids is 4. The first-order valence-corrected chi connectivity index (χ1v) is 16.5. The summed E-state index contributed by atoms with van der Waals surface area (Å²) in [6.07, 6.45) is 5.79. The van der Waals surface area contributed by atoms with Crippen molar-refractivity contribution in [1.29, 1.82) is 0 Å². The number of nitrogens with zero attached hydrogens (tertiary/aromatic N) is 5. The fourth-order valence-corrected chi connectivity index (χ4v) is 6.57. The second-order valence-corrected chi connectivity index (χ2v) is 13.5. The highest BCUT2D eigenvalue weighted by Crippen LogP contribution is 2.41. The van der Waals surface area contributed by atoms with Gasteiger partial charge in [0.25, 0.3) is 0 Å². The maximum Gasteiger partial charge on any atom is 0.247 e. The predicted octanol–water partition coefficient (Wildman–Crippen LogP) is 4.00. The van der Waals surface area contributed by atoms with Gasteiger partial charge in [-0.1, -0.05) is 33.8 Å². The molecular formula is C34H50FN7O4. The third-order valence-electron chi connectivity index (χ3n) is 9.77. The van der Waals surface area contributed by atoms with Crippen molar-refractivity contribution in [3.8, 4) is 0 Å². The Hall–Kier alpha value is -3.80. The van der Waals surface area contributed by atoms with E-state index in [1.54, 1.807) is 41.8 Å². The fraction of sp³-hybridized carbons (Fsp3) is 0.618. The molecule has 1 aliphatic carbocycles. The number of amides is 4. The average molecular weight is 640 g/mol. The number of hydrogen-bond acceptors (Lipinski definition) is 6. The molecule has 2 aliphatic rings. The molecule has 4 amide bonds. The Kier molecular flexibility index (Phi) is 11.6. The van der Waals surface area contributed by atoms with Gasteiger partial charge in [0.05, 0.1) is 11.9 Å². The number of hydrogen-bond donors (Lipinski definition) is 2. The number of rotatable bonds is 12. The number of carbonyl (C=O) groups is 4. The number of aromatic nitrogens is 2. The van der Waals surface area contributed by atoms with Crippen LogP contribution in [0.4, 0.5) is 15.9 Å². The first kappa shape index (κ1) is 35.1. The topological polar surface area (TPSA) is 120 Å². The number of anilines is 2. The third-order valence-corrected chi connectivity index (χ3v) is 9.77. The van der Waals surface area contributed by atoms with Crippen molar-refractivity contribution in [1.82, 2.24) is 24.9 Å². The molecule has 11 nitrogen and oxygen atoms in total. The molecule has 1 saturated heterocycles. The minimum Gasteiger partial charge on any atom is -0.344 e. The summed E-state index contributed by atoms with van der Waals surface area (Å²) in [5, 5.41) is 9.91. The zero-order valence-electron chi connectivity index (χ0n) is 28.1. The van der Waals surface area contributed by atoms with E-state index in [9.17, 15) is 19.2 Å². The molecule has 0 unspecified atom stereocenters. The van der Waals surface area contributed by atoms with E-state index in [-0.39, 0.29) is 35.3 Å². The highest BCUT2D eigenvalue weighted by atomic mass is 19.1. The van der Waals surface area contributed by atoms with Crippen molar-refractivity contribution in [2.24, 2.45) is 11.3 Å². The quantitative estimate of drug-likeness (QED) is 0.339. The summed E-state index contributed by atoms with van der Waals surface area (Å²) < 4.78 is 17.4. The second kappa shape index (κ2) is 15.2. The second-order valence-electron chi connectivity index (χ2n) is 13.5. The summed E-state index contributed by atoms with van der Waals surface area (Å²) >= 11 is 0. The van der Waals surface area contributed by atoms with Crippen LogP contribution in [0.3, 0.4) is 0 Å². The summed E-state index contributed by atoms with van der Waals surface area (Å²) in [7, 11) is 2.00. The van der Waals surface area contributed by atoms with Crippen LogP contribution in [0, 0.1) is 17.2 Å². The maximum absolute atomic E-state index is 15.7. The van der Waals surface area contributed by atoms with E-state index in [1.807, 2.05) is 14.0 Å². The summed E-state index contributed by atoms with van der Waals surface area (Å²) in [5.74, 6) is -1.73. The van der Waals surface area contributed by atoms with Crippen molar-refractivity contribution in [3.05, 3.63) is 41.8 Å². The predicted molar refractivity (Wildman–Crippen MR) is 176 cm³/mol. The van der Waals surface area contributed by atoms with Crippen LogP contribution >= 0.6 is 0 Å². The van der Waals surface area contributed by atoms with Gasteiger partial charge in [0, 0.05) is 51.1 Å². The first-order chi connectivity index (χ1) is 21.9. The zero-order valence-corrected chi connectivity index (χ0v) is 28.1. The van der Waals surface area contributed by atoms with Crippen LogP contribution in [0.15, 0.2) is 30.5 Å². The van der Waals surface area contributed by atoms with E-state index in [1.165, 1.54) is 17.0 Å². The van der Waals surface area contributed by atoms with Crippen LogP contribution in [-0.4, -0.2) is 89.0 Å². The van der Waals surface area contributed by atoms with E-state index in [0.29, 0.717) is 37.4 Å². The minimum absolute atomic E-state index is 0.0172. The molecule has 1 saturated carbocycles. The van der Waals surface area contributed by atoms with E-state index in [4.69, 9.17) is 0 Å². The van der Waals surface area contributed by atoms with Crippen molar-refractivity contribution < 1.29 is 23.6 Å². The Bertz CT molecular complexity index is 1380. The van der Waals surface area contributed by atoms with Crippen LogP contribution in [-0.2, 0) is 25.7 Å². The van der Waals surface area contributed by atoms with E-state index in [2.05, 4.69) is 34.5 Å². The Morgan fingerprint density at radius 1 is 1.11 bits per heavy atom. The van der Waals surface area contributed by atoms with Gasteiger partial charge in [0.1, 0.15) is 23.7 Å². The van der Waals surface area contributed by atoms with Gasteiger partial charge in [0.2, 0.25) is 24.1 Å². The fourth-order valence-electron chi connectivity index (χ4n) is 6.57. The minimum atomic E-state index is -0.861. The number of benzene rings is 1. The summed E-state index contributed by atoms with van der Waals surface area (Å²) in [4.78, 5) is 57.8. The Balaban J connectivity index is 1.58. The largest absolute Gasteiger partial charge is 0.344 e. The molecule has 0 radical (unpaired) electrons. The van der Waals surface area contributed by atoms with E-state index >= 15 is 4.39 Å². The Morgan fingerprint density at radius 3 is 2.37 bits per heavy atom. The van der Waals surface area contributed by atoms with Crippen molar-refractivity contribution >= 4 is 35.6 Å². The van der Waals surface area contributed by atoms with Crippen LogP contribution < -0.4 is 15.5 Å². The van der Waals surface area contributed by atoms with Gasteiger partial charge in [-0.2, -0.15) is 5.10 Å². The van der Waals surface area contributed by atoms with E-state index in [0.717, 1.165) is 38.8 Å². The molecule has 1 aromatic carbocycles. The maximum atomic E-state index is 15.7. The van der Waals surface area contributed by atoms with Gasteiger partial charge in [-0.15, -0.1) is 0 Å². The molecule has 1 aliphatic heterocycles. The van der Waals surface area contributed by atoms with Gasteiger partial charge in [-0.25, -0.2) is 9.07 Å². The van der Waals surface area contributed by atoms with Gasteiger partial charge < -0.3 is 20.4 Å². The van der Waals surface area contributed by atoms with Crippen LogP contribution in [0.1, 0.15) is 78.2 Å². The van der Waals surface area contributed by atoms with Crippen LogP contribution in [0.25, 0.3) is 0 Å². The molecule has 2 heterocycles. The lowest BCUT2D eigenvalue weighted by Gasteiger charge is -2.40. The molecule has 2 N–H and O–H groups in total. The Labute approximate surface area is 271 Å². The first-order valence-electron chi connectivity index (χ1n) is 16.5. The molecule has 252 valence electrons. The molecule has 0 spiro atoms. The normalized spacial score (nSPS) is 19.2. The van der Waals surface area contributed by atoms with Gasteiger partial charge in [-0.05, 0) is 68.7 Å². The number of aryl methyl sites for hydroxylation is 1. The molecule has 46 heavy (non-hydrogen) atoms. The molecule has 2 fully saturated rings. The van der Waals surface area contributed by atoms with Crippen LogP contribution in [0.5, 0.6) is 0 Å². The number of piperazine rings is 1. The molecule has 3 atom stereocenters. The van der Waals surface area contributed by atoms with Crippen molar-refractivity contribution in [3.63, 3.8) is 0 Å². The highest BCUT2D eigenvalue weighted by Gasteiger charge is 2.40. The Morgan fingerprint density at radius 2 is 1.78 bits per heavy atom. The number of nitrogens with one attached hydrogen (secondary N) is 2. The summed E-state index contributed by atoms with van der Waals surface area (Å²) in [6, 6.07) is 4.46. The smallest absolute Gasteiger partial charge is 0.247 e. The molecule has 4 rings (SSSR count). The van der Waals surface area contributed by atoms with Gasteiger partial charge >= 0.3 is 0 Å². The lowest BCUT2D eigenvalue weighted by molar-refractivity contribution is -0.138. The molecule has 1 aromatic heterocycles. The third kappa shape index (κ3) is 8.12. The highest BCUT2D eigenvalue weighted by molar-refractivity contribution is 6.00. The standard InChI is InChI=1S/C34H50FN7O4/c1-7-28(44)38-30(33(46)40-19-17-39(6)18-20-40)23(3)25-9-10-27(26(35)21-25)37-32(45)31(24-11-14-34(4,5)15-12-24)41(22-43)29-13-16-36-42(29)8-2/h9-10,13,16,21-24,30-31H,7-8,11-12,14-15,17-20H2,1-6H3,(H,37,45)(H,38,44)/t23-,30+,31-/m0/s1.